The molecule has 0 saturated carbocycles. The van der Waals surface area contributed by atoms with Crippen molar-refractivity contribution < 1.29 is 4.79 Å². The van der Waals surface area contributed by atoms with Crippen molar-refractivity contribution in [1.29, 1.82) is 0 Å². The summed E-state index contributed by atoms with van der Waals surface area (Å²) in [5, 5.41) is 7.44. The van der Waals surface area contributed by atoms with Gasteiger partial charge in [-0.1, -0.05) is 17.7 Å². The number of amides is 1. The Bertz CT molecular complexity index is 634. The van der Waals surface area contributed by atoms with Crippen LogP contribution in [0.15, 0.2) is 30.5 Å². The molecule has 0 saturated heterocycles. The molecule has 2 rings (SSSR count). The summed E-state index contributed by atoms with van der Waals surface area (Å²) in [6, 6.07) is 5.56. The predicted molar refractivity (Wildman–Crippen MR) is 78.1 cm³/mol. The number of hydrogen-bond donors (Lipinski definition) is 1. The maximum atomic E-state index is 11.7. The monoisotopic (exact) mass is 290 g/mol. The van der Waals surface area contributed by atoms with Crippen molar-refractivity contribution in [3.05, 3.63) is 52.6 Å². The van der Waals surface area contributed by atoms with Crippen LogP contribution < -0.4 is 5.32 Å². The number of pyridine rings is 1. The van der Waals surface area contributed by atoms with E-state index in [4.69, 9.17) is 11.6 Å². The van der Waals surface area contributed by atoms with Crippen LogP contribution in [0.1, 0.15) is 17.0 Å². The number of hydrogen-bond acceptors (Lipinski definition) is 3. The third-order valence-electron chi connectivity index (χ3n) is 2.77. The summed E-state index contributed by atoms with van der Waals surface area (Å²) in [7, 11) is 1.76. The Labute approximate surface area is 122 Å². The van der Waals surface area contributed by atoms with E-state index in [0.29, 0.717) is 11.7 Å². The SMILES string of the molecule is Cc1nn(C)c(Cl)c1/C=C/C(=O)NCc1ccccn1. The molecule has 2 aromatic heterocycles. The van der Waals surface area contributed by atoms with Crippen molar-refractivity contribution in [3.63, 3.8) is 0 Å². The number of carbonyl (C=O) groups excluding carboxylic acids is 1. The van der Waals surface area contributed by atoms with Crippen LogP contribution in [0.25, 0.3) is 6.08 Å². The molecule has 0 atom stereocenters. The van der Waals surface area contributed by atoms with Crippen LogP contribution in [0.5, 0.6) is 0 Å². The van der Waals surface area contributed by atoms with Crippen LogP contribution in [-0.2, 0) is 18.4 Å². The molecule has 20 heavy (non-hydrogen) atoms. The van der Waals surface area contributed by atoms with E-state index in [-0.39, 0.29) is 5.91 Å². The van der Waals surface area contributed by atoms with E-state index in [1.54, 1.807) is 24.0 Å². The minimum atomic E-state index is -0.199. The Morgan fingerprint density at radius 1 is 1.50 bits per heavy atom. The minimum absolute atomic E-state index is 0.199. The molecule has 0 aliphatic carbocycles. The van der Waals surface area contributed by atoms with Crippen molar-refractivity contribution in [2.45, 2.75) is 13.5 Å². The minimum Gasteiger partial charge on any atom is -0.347 e. The van der Waals surface area contributed by atoms with E-state index in [9.17, 15) is 4.79 Å². The lowest BCUT2D eigenvalue weighted by molar-refractivity contribution is -0.116. The smallest absolute Gasteiger partial charge is 0.244 e. The molecule has 6 heteroatoms. The van der Waals surface area contributed by atoms with Crippen molar-refractivity contribution in [2.75, 3.05) is 0 Å². The topological polar surface area (TPSA) is 59.8 Å². The Morgan fingerprint density at radius 2 is 2.30 bits per heavy atom. The molecule has 0 radical (unpaired) electrons. The first-order chi connectivity index (χ1) is 9.58. The van der Waals surface area contributed by atoms with E-state index in [2.05, 4.69) is 15.4 Å². The highest BCUT2D eigenvalue weighted by atomic mass is 35.5. The molecule has 0 fully saturated rings. The van der Waals surface area contributed by atoms with E-state index in [1.165, 1.54) is 6.08 Å². The van der Waals surface area contributed by atoms with Crippen LogP contribution in [0.4, 0.5) is 0 Å². The quantitative estimate of drug-likeness (QED) is 0.877. The predicted octanol–water partition coefficient (Wildman–Crippen LogP) is 2.11. The zero-order valence-corrected chi connectivity index (χ0v) is 12.1. The van der Waals surface area contributed by atoms with E-state index < -0.39 is 0 Å². The standard InChI is InChI=1S/C14H15ClN4O/c1-10-12(14(15)19(2)18-10)6-7-13(20)17-9-11-5-3-4-8-16-11/h3-8H,9H2,1-2H3,(H,17,20)/b7-6+. The maximum absolute atomic E-state index is 11.7. The van der Waals surface area contributed by atoms with E-state index in [0.717, 1.165) is 17.0 Å². The van der Waals surface area contributed by atoms with Crippen LogP contribution in [0, 0.1) is 6.92 Å². The second-order valence-electron chi connectivity index (χ2n) is 4.29. The fourth-order valence-electron chi connectivity index (χ4n) is 1.73. The first-order valence-corrected chi connectivity index (χ1v) is 6.50. The Hall–Kier alpha value is -2.14. The van der Waals surface area contributed by atoms with Gasteiger partial charge in [-0.2, -0.15) is 5.10 Å². The molecule has 0 bridgehead atoms. The van der Waals surface area contributed by atoms with E-state index >= 15 is 0 Å². The van der Waals surface area contributed by atoms with Crippen molar-refractivity contribution in [1.82, 2.24) is 20.1 Å². The molecule has 2 heterocycles. The third-order valence-corrected chi connectivity index (χ3v) is 3.22. The number of carbonyl (C=O) groups is 1. The van der Waals surface area contributed by atoms with Gasteiger partial charge in [0.15, 0.2) is 0 Å². The molecule has 0 spiro atoms. The van der Waals surface area contributed by atoms with Gasteiger partial charge in [-0.3, -0.25) is 14.5 Å². The number of nitrogens with one attached hydrogen (secondary N) is 1. The van der Waals surface area contributed by atoms with Gasteiger partial charge >= 0.3 is 0 Å². The van der Waals surface area contributed by atoms with Crippen LogP contribution in [0.3, 0.4) is 0 Å². The highest BCUT2D eigenvalue weighted by Crippen LogP contribution is 2.19. The lowest BCUT2D eigenvalue weighted by Crippen LogP contribution is -2.20. The zero-order chi connectivity index (χ0) is 14.5. The van der Waals surface area contributed by atoms with Gasteiger partial charge in [0, 0.05) is 24.9 Å². The summed E-state index contributed by atoms with van der Waals surface area (Å²) >= 11 is 6.08. The molecule has 1 N–H and O–H groups in total. The van der Waals surface area contributed by atoms with Gasteiger partial charge in [0.05, 0.1) is 17.9 Å². The van der Waals surface area contributed by atoms with Gasteiger partial charge in [0.2, 0.25) is 5.91 Å². The molecule has 104 valence electrons. The Morgan fingerprint density at radius 3 is 2.90 bits per heavy atom. The van der Waals surface area contributed by atoms with Crippen molar-refractivity contribution in [3.8, 4) is 0 Å². The summed E-state index contributed by atoms with van der Waals surface area (Å²) < 4.78 is 1.57. The number of aryl methyl sites for hydroxylation is 2. The van der Waals surface area contributed by atoms with Gasteiger partial charge in [-0.05, 0) is 25.1 Å². The van der Waals surface area contributed by atoms with Crippen LogP contribution >= 0.6 is 11.6 Å². The molecular formula is C14H15ClN4O. The number of rotatable bonds is 4. The number of halogens is 1. The summed E-state index contributed by atoms with van der Waals surface area (Å²) in [4.78, 5) is 15.9. The molecule has 1 amide bonds. The van der Waals surface area contributed by atoms with Crippen LogP contribution in [0.2, 0.25) is 5.15 Å². The second kappa shape index (κ2) is 6.34. The van der Waals surface area contributed by atoms with Gasteiger partial charge in [0.1, 0.15) is 5.15 Å². The molecule has 0 aliphatic heterocycles. The number of nitrogens with zero attached hydrogens (tertiary/aromatic N) is 3. The van der Waals surface area contributed by atoms with Gasteiger partial charge in [0.25, 0.3) is 0 Å². The molecule has 5 nitrogen and oxygen atoms in total. The summed E-state index contributed by atoms with van der Waals surface area (Å²) in [6.45, 7) is 2.24. The van der Waals surface area contributed by atoms with Gasteiger partial charge in [-0.15, -0.1) is 0 Å². The van der Waals surface area contributed by atoms with Crippen LogP contribution in [-0.4, -0.2) is 20.7 Å². The molecule has 0 aromatic carbocycles. The lowest BCUT2D eigenvalue weighted by Gasteiger charge is -2.00. The highest BCUT2D eigenvalue weighted by molar-refractivity contribution is 6.31. The van der Waals surface area contributed by atoms with Gasteiger partial charge in [-0.25, -0.2) is 0 Å². The maximum Gasteiger partial charge on any atom is 0.244 e. The summed E-state index contributed by atoms with van der Waals surface area (Å²) in [6.07, 6.45) is 4.80. The Kier molecular flexibility index (Phi) is 4.53. The second-order valence-corrected chi connectivity index (χ2v) is 4.64. The fourth-order valence-corrected chi connectivity index (χ4v) is 1.97. The molecule has 0 unspecified atom stereocenters. The average Bonchev–Trinajstić information content (AvgIpc) is 2.69. The summed E-state index contributed by atoms with van der Waals surface area (Å²) in [5.74, 6) is -0.199. The molecular weight excluding hydrogens is 276 g/mol. The highest BCUT2D eigenvalue weighted by Gasteiger charge is 2.08. The molecule has 0 aliphatic rings. The zero-order valence-electron chi connectivity index (χ0n) is 11.3. The number of aromatic nitrogens is 3. The fraction of sp³-hybridized carbons (Fsp3) is 0.214. The van der Waals surface area contributed by atoms with Crippen molar-refractivity contribution in [2.24, 2.45) is 7.05 Å². The third kappa shape index (κ3) is 3.45. The Balaban J connectivity index is 1.96. The molecule has 2 aromatic rings. The average molecular weight is 291 g/mol. The van der Waals surface area contributed by atoms with E-state index in [1.807, 2.05) is 25.1 Å². The first kappa shape index (κ1) is 14.3. The normalized spacial score (nSPS) is 10.9. The lowest BCUT2D eigenvalue weighted by atomic mass is 10.2. The largest absolute Gasteiger partial charge is 0.347 e. The summed E-state index contributed by atoms with van der Waals surface area (Å²) in [5.41, 5.74) is 2.35. The van der Waals surface area contributed by atoms with Crippen molar-refractivity contribution >= 4 is 23.6 Å². The van der Waals surface area contributed by atoms with Gasteiger partial charge < -0.3 is 5.32 Å². The first-order valence-electron chi connectivity index (χ1n) is 6.13.